The molecule has 3 aromatic heterocycles. The third-order valence-corrected chi connectivity index (χ3v) is 5.15. The number of nitrogens with zero attached hydrogens (tertiary/aromatic N) is 3. The molecule has 0 aliphatic carbocycles. The highest BCUT2D eigenvalue weighted by molar-refractivity contribution is 9.11. The van der Waals surface area contributed by atoms with Crippen LogP contribution in [0.3, 0.4) is 0 Å². The van der Waals surface area contributed by atoms with E-state index in [1.165, 1.54) is 4.57 Å². The van der Waals surface area contributed by atoms with E-state index in [1.54, 1.807) is 36.0 Å². The molecule has 0 saturated heterocycles. The molecule has 0 atom stereocenters. The molecular formula is C16H12BrClN4O2S. The Kier molecular flexibility index (Phi) is 5.62. The molecule has 1 amide bonds. The molecule has 0 unspecified atom stereocenters. The molecular weight excluding hydrogens is 428 g/mol. The quantitative estimate of drug-likeness (QED) is 0.619. The molecule has 1 N–H and O–H groups in total. The Bertz CT molecular complexity index is 958. The second-order valence-electron chi connectivity index (χ2n) is 5.04. The van der Waals surface area contributed by atoms with Crippen LogP contribution in [-0.4, -0.2) is 26.3 Å². The van der Waals surface area contributed by atoms with Crippen LogP contribution in [0, 0.1) is 0 Å². The van der Waals surface area contributed by atoms with Crippen LogP contribution in [0.5, 0.6) is 0 Å². The van der Waals surface area contributed by atoms with Crippen molar-refractivity contribution in [2.24, 2.45) is 0 Å². The molecule has 0 aromatic carbocycles. The number of anilines is 1. The standard InChI is InChI=1S/C16H12BrClN4O2S/c17-13-4-3-11(25-13)8-22-9-12(10-2-1-5-19-7-10)15(21-16(22)24)20-14(23)6-18/h1-5,7,9H,6,8H2,(H,20,21,23,24). The maximum absolute atomic E-state index is 12.3. The second kappa shape index (κ2) is 7.90. The summed E-state index contributed by atoms with van der Waals surface area (Å²) in [6.45, 7) is 0.388. The Labute approximate surface area is 160 Å². The molecule has 0 aliphatic rings. The first kappa shape index (κ1) is 17.8. The zero-order valence-electron chi connectivity index (χ0n) is 12.8. The Balaban J connectivity index is 2.06. The smallest absolute Gasteiger partial charge is 0.309 e. The minimum absolute atomic E-state index is 0.173. The average Bonchev–Trinajstić information content (AvgIpc) is 3.02. The van der Waals surface area contributed by atoms with E-state index in [4.69, 9.17) is 11.6 Å². The van der Waals surface area contributed by atoms with E-state index in [2.05, 4.69) is 31.2 Å². The summed E-state index contributed by atoms with van der Waals surface area (Å²) in [7, 11) is 0. The van der Waals surface area contributed by atoms with Crippen molar-refractivity contribution < 1.29 is 4.79 Å². The molecule has 0 fully saturated rings. The Morgan fingerprint density at radius 3 is 2.84 bits per heavy atom. The van der Waals surface area contributed by atoms with Crippen LogP contribution in [0.1, 0.15) is 4.88 Å². The Morgan fingerprint density at radius 1 is 1.36 bits per heavy atom. The molecule has 128 valence electrons. The van der Waals surface area contributed by atoms with Gasteiger partial charge in [-0.1, -0.05) is 6.07 Å². The summed E-state index contributed by atoms with van der Waals surface area (Å²) in [5, 5.41) is 2.57. The van der Waals surface area contributed by atoms with E-state index >= 15 is 0 Å². The van der Waals surface area contributed by atoms with Crippen molar-refractivity contribution in [3.05, 3.63) is 62.0 Å². The molecule has 0 saturated carbocycles. The van der Waals surface area contributed by atoms with E-state index in [9.17, 15) is 9.59 Å². The van der Waals surface area contributed by atoms with Gasteiger partial charge in [0.05, 0.1) is 10.3 Å². The Hall–Kier alpha value is -2.03. The van der Waals surface area contributed by atoms with Crippen molar-refractivity contribution in [1.82, 2.24) is 14.5 Å². The summed E-state index contributed by atoms with van der Waals surface area (Å²) in [5.41, 5.74) is 0.879. The molecule has 3 aromatic rings. The van der Waals surface area contributed by atoms with Gasteiger partial charge < -0.3 is 5.32 Å². The number of carbonyl (C=O) groups is 1. The van der Waals surface area contributed by atoms with Gasteiger partial charge in [-0.15, -0.1) is 22.9 Å². The summed E-state index contributed by atoms with van der Waals surface area (Å²) >= 11 is 10.5. The minimum atomic E-state index is -0.456. The zero-order chi connectivity index (χ0) is 17.8. The number of pyridine rings is 1. The van der Waals surface area contributed by atoms with Gasteiger partial charge >= 0.3 is 5.69 Å². The zero-order valence-corrected chi connectivity index (χ0v) is 15.9. The van der Waals surface area contributed by atoms with Crippen LogP contribution < -0.4 is 11.0 Å². The predicted octanol–water partition coefficient (Wildman–Crippen LogP) is 3.35. The second-order valence-corrected chi connectivity index (χ2v) is 7.86. The van der Waals surface area contributed by atoms with Gasteiger partial charge in [0, 0.05) is 34.6 Å². The van der Waals surface area contributed by atoms with Crippen molar-refractivity contribution >= 4 is 50.6 Å². The van der Waals surface area contributed by atoms with Crippen LogP contribution in [0.25, 0.3) is 11.1 Å². The number of rotatable bonds is 5. The molecule has 3 rings (SSSR count). The number of thiophene rings is 1. The van der Waals surface area contributed by atoms with Gasteiger partial charge in [0.25, 0.3) is 0 Å². The van der Waals surface area contributed by atoms with Crippen molar-refractivity contribution in [1.29, 1.82) is 0 Å². The molecule has 25 heavy (non-hydrogen) atoms. The fourth-order valence-corrected chi connectivity index (χ4v) is 3.75. The lowest BCUT2D eigenvalue weighted by atomic mass is 10.1. The number of halogens is 2. The minimum Gasteiger partial charge on any atom is -0.309 e. The molecule has 6 nitrogen and oxygen atoms in total. The lowest BCUT2D eigenvalue weighted by Crippen LogP contribution is -2.26. The number of carbonyl (C=O) groups excluding carboxylic acids is 1. The van der Waals surface area contributed by atoms with E-state index in [-0.39, 0.29) is 11.7 Å². The van der Waals surface area contributed by atoms with Gasteiger partial charge in [-0.2, -0.15) is 4.98 Å². The van der Waals surface area contributed by atoms with Gasteiger partial charge in [-0.05, 0) is 34.1 Å². The van der Waals surface area contributed by atoms with Crippen LogP contribution in [0.4, 0.5) is 5.82 Å². The first-order chi connectivity index (χ1) is 12.1. The molecule has 9 heteroatoms. The fourth-order valence-electron chi connectivity index (χ4n) is 2.20. The molecule has 0 bridgehead atoms. The number of hydrogen-bond acceptors (Lipinski definition) is 5. The van der Waals surface area contributed by atoms with Crippen LogP contribution in [0.15, 0.2) is 51.4 Å². The van der Waals surface area contributed by atoms with E-state index in [0.29, 0.717) is 12.1 Å². The number of hydrogen-bond donors (Lipinski definition) is 1. The van der Waals surface area contributed by atoms with Crippen LogP contribution >= 0.6 is 38.9 Å². The molecule has 3 heterocycles. The highest BCUT2D eigenvalue weighted by Gasteiger charge is 2.14. The van der Waals surface area contributed by atoms with Gasteiger partial charge in [-0.25, -0.2) is 4.79 Å². The summed E-state index contributed by atoms with van der Waals surface area (Å²) in [4.78, 5) is 33.1. The largest absolute Gasteiger partial charge is 0.349 e. The van der Waals surface area contributed by atoms with Crippen LogP contribution in [-0.2, 0) is 11.3 Å². The van der Waals surface area contributed by atoms with Crippen molar-refractivity contribution in [2.75, 3.05) is 11.2 Å². The summed E-state index contributed by atoms with van der Waals surface area (Å²) < 4.78 is 2.48. The predicted molar refractivity (Wildman–Crippen MR) is 102 cm³/mol. The summed E-state index contributed by atoms with van der Waals surface area (Å²) in [6.07, 6.45) is 4.96. The molecule has 0 radical (unpaired) electrons. The molecule has 0 spiro atoms. The van der Waals surface area contributed by atoms with Crippen molar-refractivity contribution in [3.63, 3.8) is 0 Å². The van der Waals surface area contributed by atoms with Crippen LogP contribution in [0.2, 0.25) is 0 Å². The number of aromatic nitrogens is 3. The normalized spacial score (nSPS) is 10.6. The van der Waals surface area contributed by atoms with Crippen molar-refractivity contribution in [3.8, 4) is 11.1 Å². The molecule has 0 aliphatic heterocycles. The summed E-state index contributed by atoms with van der Waals surface area (Å²) in [5.74, 6) is -0.480. The van der Waals surface area contributed by atoms with Gasteiger partial charge in [-0.3, -0.25) is 14.3 Å². The monoisotopic (exact) mass is 438 g/mol. The van der Waals surface area contributed by atoms with E-state index in [0.717, 1.165) is 14.2 Å². The lowest BCUT2D eigenvalue weighted by molar-refractivity contribution is -0.113. The van der Waals surface area contributed by atoms with Crippen molar-refractivity contribution in [2.45, 2.75) is 6.54 Å². The maximum Gasteiger partial charge on any atom is 0.349 e. The van der Waals surface area contributed by atoms with Gasteiger partial charge in [0.1, 0.15) is 11.7 Å². The highest BCUT2D eigenvalue weighted by atomic mass is 79.9. The Morgan fingerprint density at radius 2 is 2.20 bits per heavy atom. The van der Waals surface area contributed by atoms with Gasteiger partial charge in [0.15, 0.2) is 0 Å². The first-order valence-corrected chi connectivity index (χ1v) is 9.33. The highest BCUT2D eigenvalue weighted by Crippen LogP contribution is 2.26. The van der Waals surface area contributed by atoms with E-state index in [1.807, 2.05) is 18.2 Å². The fraction of sp³-hybridized carbons (Fsp3) is 0.125. The van der Waals surface area contributed by atoms with Gasteiger partial charge in [0.2, 0.25) is 5.91 Å². The number of nitrogens with one attached hydrogen (secondary N) is 1. The van der Waals surface area contributed by atoms with E-state index < -0.39 is 11.6 Å². The third kappa shape index (κ3) is 4.33. The first-order valence-electron chi connectivity index (χ1n) is 7.18. The average molecular weight is 440 g/mol. The number of alkyl halides is 1. The third-order valence-electron chi connectivity index (χ3n) is 3.30. The summed E-state index contributed by atoms with van der Waals surface area (Å²) in [6, 6.07) is 7.47. The topological polar surface area (TPSA) is 76.9 Å². The SMILES string of the molecule is O=C(CCl)Nc1nc(=O)n(Cc2ccc(Br)s2)cc1-c1cccnc1. The maximum atomic E-state index is 12.3. The lowest BCUT2D eigenvalue weighted by Gasteiger charge is -2.12. The number of amides is 1.